The van der Waals surface area contributed by atoms with E-state index >= 15 is 0 Å². The van der Waals surface area contributed by atoms with Crippen molar-refractivity contribution >= 4 is 11.5 Å². The highest BCUT2D eigenvalue weighted by molar-refractivity contribution is 5.80. The van der Waals surface area contributed by atoms with Crippen LogP contribution in [0.3, 0.4) is 0 Å². The number of nitrogens with zero attached hydrogens (tertiary/aromatic N) is 2. The van der Waals surface area contributed by atoms with Gasteiger partial charge in [-0.25, -0.2) is 0 Å². The van der Waals surface area contributed by atoms with Crippen molar-refractivity contribution in [3.63, 3.8) is 0 Å². The van der Waals surface area contributed by atoms with Gasteiger partial charge in [0, 0.05) is 12.1 Å². The summed E-state index contributed by atoms with van der Waals surface area (Å²) < 4.78 is 1.55. The standard InChI is InChI=1S/C8H13N3O/c1-6(2)8(12)5-11-4-7(9)3-10-11/h3-4,6H,5,9H2,1-2H3. The molecule has 0 radical (unpaired) electrons. The van der Waals surface area contributed by atoms with Gasteiger partial charge in [-0.3, -0.25) is 9.48 Å². The molecule has 0 spiro atoms. The number of anilines is 1. The molecule has 0 saturated heterocycles. The Hall–Kier alpha value is -1.32. The molecule has 1 aromatic rings. The first-order chi connectivity index (χ1) is 5.59. The molecule has 1 aromatic heterocycles. The van der Waals surface area contributed by atoms with E-state index in [-0.39, 0.29) is 11.7 Å². The van der Waals surface area contributed by atoms with Crippen molar-refractivity contribution in [3.8, 4) is 0 Å². The molecular formula is C8H13N3O. The molecule has 4 heteroatoms. The molecule has 0 saturated carbocycles. The monoisotopic (exact) mass is 167 g/mol. The molecule has 66 valence electrons. The maximum atomic E-state index is 11.2. The number of nitrogen functional groups attached to an aromatic ring is 1. The lowest BCUT2D eigenvalue weighted by Crippen LogP contribution is -2.15. The van der Waals surface area contributed by atoms with E-state index in [0.717, 1.165) is 0 Å². The first-order valence-corrected chi connectivity index (χ1v) is 3.90. The number of carbonyl (C=O) groups excluding carboxylic acids is 1. The fourth-order valence-electron chi connectivity index (χ4n) is 0.808. The van der Waals surface area contributed by atoms with E-state index in [9.17, 15) is 4.79 Å². The van der Waals surface area contributed by atoms with Gasteiger partial charge >= 0.3 is 0 Å². The first-order valence-electron chi connectivity index (χ1n) is 3.90. The predicted molar refractivity (Wildman–Crippen MR) is 46.5 cm³/mol. The summed E-state index contributed by atoms with van der Waals surface area (Å²) in [6.45, 7) is 4.05. The van der Waals surface area contributed by atoms with Gasteiger partial charge in [0.25, 0.3) is 0 Å². The van der Waals surface area contributed by atoms with Crippen LogP contribution >= 0.6 is 0 Å². The fourth-order valence-corrected chi connectivity index (χ4v) is 0.808. The molecule has 0 aromatic carbocycles. The third-order valence-electron chi connectivity index (χ3n) is 1.62. The third-order valence-corrected chi connectivity index (χ3v) is 1.62. The van der Waals surface area contributed by atoms with Crippen LogP contribution in [-0.4, -0.2) is 15.6 Å². The Balaban J connectivity index is 2.58. The van der Waals surface area contributed by atoms with Crippen LogP contribution in [0, 0.1) is 5.92 Å². The lowest BCUT2D eigenvalue weighted by molar-refractivity contribution is -0.122. The summed E-state index contributed by atoms with van der Waals surface area (Å²) in [5.74, 6) is 0.216. The van der Waals surface area contributed by atoms with E-state index < -0.39 is 0 Å². The molecule has 0 atom stereocenters. The molecule has 0 aliphatic carbocycles. The van der Waals surface area contributed by atoms with Gasteiger partial charge in [-0.1, -0.05) is 13.8 Å². The highest BCUT2D eigenvalue weighted by Gasteiger charge is 2.07. The average Bonchev–Trinajstić information content (AvgIpc) is 2.35. The molecule has 0 unspecified atom stereocenters. The molecule has 0 amide bonds. The number of Topliss-reactive ketones (excluding diaryl/α,β-unsaturated/α-hetero) is 1. The van der Waals surface area contributed by atoms with Crippen LogP contribution < -0.4 is 5.73 Å². The minimum Gasteiger partial charge on any atom is -0.396 e. The molecule has 0 bridgehead atoms. The minimum absolute atomic E-state index is 0.0513. The Morgan fingerprint density at radius 2 is 2.42 bits per heavy atom. The summed E-state index contributed by atoms with van der Waals surface area (Å²) in [7, 11) is 0. The summed E-state index contributed by atoms with van der Waals surface area (Å²) in [6.07, 6.45) is 3.19. The fraction of sp³-hybridized carbons (Fsp3) is 0.500. The highest BCUT2D eigenvalue weighted by atomic mass is 16.1. The number of hydrogen-bond donors (Lipinski definition) is 1. The Morgan fingerprint density at radius 1 is 1.75 bits per heavy atom. The van der Waals surface area contributed by atoms with Gasteiger partial charge in [0.2, 0.25) is 0 Å². The third kappa shape index (κ3) is 2.08. The molecular weight excluding hydrogens is 154 g/mol. The van der Waals surface area contributed by atoms with Crippen molar-refractivity contribution in [1.82, 2.24) is 9.78 Å². The van der Waals surface area contributed by atoms with Gasteiger partial charge in [0.05, 0.1) is 18.4 Å². The summed E-state index contributed by atoms with van der Waals surface area (Å²) in [5.41, 5.74) is 6.03. The summed E-state index contributed by atoms with van der Waals surface area (Å²) >= 11 is 0. The Kier molecular flexibility index (Phi) is 2.47. The quantitative estimate of drug-likeness (QED) is 0.720. The Morgan fingerprint density at radius 3 is 2.83 bits per heavy atom. The van der Waals surface area contributed by atoms with Gasteiger partial charge in [0.1, 0.15) is 0 Å². The SMILES string of the molecule is CC(C)C(=O)Cn1cc(N)cn1. The molecule has 2 N–H and O–H groups in total. The van der Waals surface area contributed by atoms with Crippen LogP contribution in [0.25, 0.3) is 0 Å². The molecule has 0 aliphatic heterocycles. The zero-order valence-electron chi connectivity index (χ0n) is 7.32. The lowest BCUT2D eigenvalue weighted by Gasteiger charge is -2.02. The predicted octanol–water partition coefficient (Wildman–Crippen LogP) is 0.690. The molecule has 1 heterocycles. The second kappa shape index (κ2) is 3.38. The van der Waals surface area contributed by atoms with Gasteiger partial charge in [-0.2, -0.15) is 5.10 Å². The van der Waals surface area contributed by atoms with Crippen molar-refractivity contribution in [2.45, 2.75) is 20.4 Å². The molecule has 0 fully saturated rings. The van der Waals surface area contributed by atoms with Crippen molar-refractivity contribution in [2.24, 2.45) is 5.92 Å². The maximum absolute atomic E-state index is 11.2. The van der Waals surface area contributed by atoms with Gasteiger partial charge in [-0.15, -0.1) is 0 Å². The smallest absolute Gasteiger partial charge is 0.156 e. The molecule has 1 rings (SSSR count). The number of carbonyl (C=O) groups is 1. The van der Waals surface area contributed by atoms with E-state index in [1.807, 2.05) is 13.8 Å². The van der Waals surface area contributed by atoms with Crippen molar-refractivity contribution < 1.29 is 4.79 Å². The van der Waals surface area contributed by atoms with E-state index in [0.29, 0.717) is 12.2 Å². The maximum Gasteiger partial charge on any atom is 0.156 e. The van der Waals surface area contributed by atoms with Crippen molar-refractivity contribution in [3.05, 3.63) is 12.4 Å². The largest absolute Gasteiger partial charge is 0.396 e. The van der Waals surface area contributed by atoms with Crippen molar-refractivity contribution in [1.29, 1.82) is 0 Å². The summed E-state index contributed by atoms with van der Waals surface area (Å²) in [4.78, 5) is 11.2. The second-order valence-corrected chi connectivity index (χ2v) is 3.09. The zero-order chi connectivity index (χ0) is 9.14. The van der Waals surface area contributed by atoms with E-state index in [4.69, 9.17) is 5.73 Å². The highest BCUT2D eigenvalue weighted by Crippen LogP contribution is 2.01. The topological polar surface area (TPSA) is 60.9 Å². The van der Waals surface area contributed by atoms with Crippen LogP contribution in [-0.2, 0) is 11.3 Å². The van der Waals surface area contributed by atoms with Crippen LogP contribution in [0.4, 0.5) is 5.69 Å². The molecule has 0 aliphatic rings. The van der Waals surface area contributed by atoms with Crippen molar-refractivity contribution in [2.75, 3.05) is 5.73 Å². The molecule has 4 nitrogen and oxygen atoms in total. The summed E-state index contributed by atoms with van der Waals surface area (Å²) in [6, 6.07) is 0. The van der Waals surface area contributed by atoms with Gasteiger partial charge in [-0.05, 0) is 0 Å². The number of nitrogens with two attached hydrogens (primary N) is 1. The number of ketones is 1. The van der Waals surface area contributed by atoms with Crippen LogP contribution in [0.1, 0.15) is 13.8 Å². The van der Waals surface area contributed by atoms with Crippen LogP contribution in [0.2, 0.25) is 0 Å². The minimum atomic E-state index is 0.0513. The first kappa shape index (κ1) is 8.77. The lowest BCUT2D eigenvalue weighted by atomic mass is 10.1. The van der Waals surface area contributed by atoms with Crippen LogP contribution in [0.5, 0.6) is 0 Å². The van der Waals surface area contributed by atoms with E-state index in [2.05, 4.69) is 5.10 Å². The average molecular weight is 167 g/mol. The second-order valence-electron chi connectivity index (χ2n) is 3.09. The normalized spacial score (nSPS) is 10.6. The van der Waals surface area contributed by atoms with Gasteiger partial charge in [0.15, 0.2) is 5.78 Å². The summed E-state index contributed by atoms with van der Waals surface area (Å²) in [5, 5.41) is 3.91. The van der Waals surface area contributed by atoms with Gasteiger partial charge < -0.3 is 5.73 Å². The number of aromatic nitrogens is 2. The van der Waals surface area contributed by atoms with E-state index in [1.165, 1.54) is 6.20 Å². The zero-order valence-corrected chi connectivity index (χ0v) is 7.32. The number of rotatable bonds is 3. The van der Waals surface area contributed by atoms with Crippen LogP contribution in [0.15, 0.2) is 12.4 Å². The number of hydrogen-bond acceptors (Lipinski definition) is 3. The molecule has 12 heavy (non-hydrogen) atoms. The van der Waals surface area contributed by atoms with E-state index in [1.54, 1.807) is 10.9 Å². The Bertz CT molecular complexity index is 278. The Labute approximate surface area is 71.4 Å².